The maximum absolute atomic E-state index is 5.25. The first-order chi connectivity index (χ1) is 73.4. The molecule has 148 heavy (non-hydrogen) atoms. The van der Waals surface area contributed by atoms with E-state index in [0.717, 1.165) is 240 Å². The first-order valence-electron chi connectivity index (χ1n) is 49.5. The van der Waals surface area contributed by atoms with Crippen LogP contribution in [0.4, 0.5) is 0 Å². The Bertz CT molecular complexity index is 8950. The van der Waals surface area contributed by atoms with Crippen molar-refractivity contribution in [2.24, 2.45) is 0 Å². The van der Waals surface area contributed by atoms with Crippen molar-refractivity contribution in [1.29, 1.82) is 0 Å². The van der Waals surface area contributed by atoms with Crippen LogP contribution in [0.2, 0.25) is 0 Å². The summed E-state index contributed by atoms with van der Waals surface area (Å²) < 4.78 is 9.09. The van der Waals surface area contributed by atoms with Crippen molar-refractivity contribution in [1.82, 2.24) is 68.1 Å². The number of hydrogen-bond donors (Lipinski definition) is 0. The third kappa shape index (κ3) is 17.0. The van der Waals surface area contributed by atoms with Gasteiger partial charge in [-0.15, -0.1) is 0 Å². The van der Waals surface area contributed by atoms with Crippen LogP contribution < -0.4 is 0 Å². The maximum Gasteiger partial charge on any atom is 0.145 e. The van der Waals surface area contributed by atoms with Crippen molar-refractivity contribution in [2.45, 2.75) is 0 Å². The van der Waals surface area contributed by atoms with Crippen LogP contribution in [0.3, 0.4) is 0 Å². The van der Waals surface area contributed by atoms with E-state index in [-0.39, 0.29) is 0 Å². The summed E-state index contributed by atoms with van der Waals surface area (Å²) in [6.45, 7) is 0. The van der Waals surface area contributed by atoms with Crippen LogP contribution in [0.1, 0.15) is 0 Å². The van der Waals surface area contributed by atoms with E-state index in [0.29, 0.717) is 0 Å². The van der Waals surface area contributed by atoms with Crippen molar-refractivity contribution in [3.8, 4) is 169 Å². The van der Waals surface area contributed by atoms with Gasteiger partial charge < -0.3 is 9.13 Å². The van der Waals surface area contributed by atoms with E-state index < -0.39 is 0 Å². The molecule has 28 aromatic rings. The van der Waals surface area contributed by atoms with Gasteiger partial charge in [-0.25, -0.2) is 24.9 Å². The second-order valence-electron chi connectivity index (χ2n) is 36.7. The van der Waals surface area contributed by atoms with Crippen molar-refractivity contribution in [3.63, 3.8) is 0 Å². The smallest absolute Gasteiger partial charge is 0.145 e. The number of rotatable bonds is 17. The molecule has 0 bridgehead atoms. The second-order valence-corrected chi connectivity index (χ2v) is 36.7. The van der Waals surface area contributed by atoms with Gasteiger partial charge in [0, 0.05) is 127 Å². The Kier molecular flexibility index (Phi) is 23.0. The maximum atomic E-state index is 5.25. The summed E-state index contributed by atoms with van der Waals surface area (Å²) >= 11 is 0. The first kappa shape index (κ1) is 88.0. The minimum atomic E-state index is 0.824. The van der Waals surface area contributed by atoms with Gasteiger partial charge in [0.2, 0.25) is 0 Å². The molecule has 14 nitrogen and oxygen atoms in total. The molecule has 0 radical (unpaired) electrons. The molecule has 14 aromatic carbocycles. The largest absolute Gasteiger partial charge is 0.309 e. The molecule has 0 amide bonds. The van der Waals surface area contributed by atoms with Gasteiger partial charge in [0.1, 0.15) is 11.3 Å². The molecule has 0 fully saturated rings. The first-order valence-corrected chi connectivity index (χ1v) is 49.5. The molecule has 0 unspecified atom stereocenters. The van der Waals surface area contributed by atoms with Gasteiger partial charge in [-0.3, -0.25) is 34.1 Å². The molecule has 0 aliphatic carbocycles. The van der Waals surface area contributed by atoms with Crippen LogP contribution in [0.15, 0.2) is 535 Å². The standard InChI is InChI=1S/2C45H30N4.C44H28N6/c1-3-13-31(14-4-1)34-25-35(32-15-5-2-6-16-32)27-37(26-34)41-29-36(30-42(48-41)40-20-9-10-23-46-40)33-17-11-18-38(28-33)49-43-21-8-7-19-39(43)45-44(49)22-12-24-47-45;1-3-12-31(13-4-1)34-24-35(32-14-5-2-6-15-32)26-37(25-34)42-28-36(29-43(48-42)41-19-9-10-22-47-41)33-16-11-17-38(27-33)49-44-20-8-7-18-39(44)40-30-46-23-21-45(40)49;1-3-14-41-34(9-1)36-11-7-25-46-43(36)49(41)32-20-16-29(17-21-32)31-27-39(48-40(28-31)38-13-5-6-24-45-38)30-18-22-33(23-19-30)50-42-15-4-2-10-35(42)37-12-8-26-47-44(37)50/h2*1-30H;1-28H. The van der Waals surface area contributed by atoms with Gasteiger partial charge >= 0.3 is 0 Å². The van der Waals surface area contributed by atoms with Crippen LogP contribution in [-0.4, -0.2) is 68.1 Å². The van der Waals surface area contributed by atoms with Gasteiger partial charge in [0.15, 0.2) is 0 Å². The van der Waals surface area contributed by atoms with E-state index in [2.05, 4.69) is 441 Å². The summed E-state index contributed by atoms with van der Waals surface area (Å²) in [5, 5.41) is 8.13. The summed E-state index contributed by atoms with van der Waals surface area (Å²) in [5.74, 6) is 0. The van der Waals surface area contributed by atoms with E-state index in [4.69, 9.17) is 39.9 Å². The number of benzene rings is 14. The van der Waals surface area contributed by atoms with Gasteiger partial charge in [0.05, 0.1) is 89.9 Å². The van der Waals surface area contributed by atoms with E-state index in [9.17, 15) is 0 Å². The molecular formula is C134H88N14. The summed E-state index contributed by atoms with van der Waals surface area (Å²) in [7, 11) is 0. The Balaban J connectivity index is 0.000000112. The lowest BCUT2D eigenvalue weighted by atomic mass is 9.94. The molecule has 14 aromatic heterocycles. The quantitative estimate of drug-likeness (QED) is 0.0862. The summed E-state index contributed by atoms with van der Waals surface area (Å²) in [5.41, 5.74) is 40.4. The van der Waals surface area contributed by atoms with E-state index >= 15 is 0 Å². The van der Waals surface area contributed by atoms with Crippen LogP contribution in [-0.2, 0) is 0 Å². The highest BCUT2D eigenvalue weighted by Gasteiger charge is 2.24. The third-order valence-corrected chi connectivity index (χ3v) is 27.7. The van der Waals surface area contributed by atoms with Crippen molar-refractivity contribution >= 4 is 87.6 Å². The Hall–Kier alpha value is -20.2. The predicted octanol–water partition coefficient (Wildman–Crippen LogP) is 33.1. The molecule has 14 heterocycles. The molecule has 0 saturated heterocycles. The van der Waals surface area contributed by atoms with Gasteiger partial charge in [-0.05, 0) is 302 Å². The zero-order valence-corrected chi connectivity index (χ0v) is 80.1. The predicted molar refractivity (Wildman–Crippen MR) is 605 cm³/mol. The zero-order valence-electron chi connectivity index (χ0n) is 80.1. The van der Waals surface area contributed by atoms with Crippen LogP contribution >= 0.6 is 0 Å². The van der Waals surface area contributed by atoms with Crippen LogP contribution in [0, 0.1) is 0 Å². The molecule has 28 rings (SSSR count). The lowest BCUT2D eigenvalue weighted by molar-refractivity contribution is 1.13. The molecule has 0 aliphatic rings. The average molecular weight is 1890 g/mol. The number of fused-ring (bicyclic) bond motifs is 12. The SMILES string of the molecule is c1ccc(-c2cc(-c3ccc(-n4c5ccccc5c5cccnc54)cc3)cc(-c3ccc(-n4c5ccccc5c5cccnc54)cc3)n2)nc1.c1ccc(-c2cc(-c3ccccc3)cc(-c3cc(-c4cccc(-n5c6ccccc6c6cnccc65)c4)cc(-c4ccccn4)n3)c2)cc1.c1ccc(-c2cc(-c3ccccc3)cc(-c3cc(-c4cccc(-n5c6ccccc6c6ncccc65)c4)cc(-c4ccccn4)n3)c2)cc1. The van der Waals surface area contributed by atoms with Crippen LogP contribution in [0.25, 0.3) is 256 Å². The van der Waals surface area contributed by atoms with E-state index in [1.807, 2.05) is 122 Å². The van der Waals surface area contributed by atoms with Gasteiger partial charge in [0.25, 0.3) is 0 Å². The highest BCUT2D eigenvalue weighted by molar-refractivity contribution is 6.12. The monoisotopic (exact) mass is 1890 g/mol. The number of pyridine rings is 10. The fourth-order valence-corrected chi connectivity index (χ4v) is 20.7. The Morgan fingerprint density at radius 2 is 0.432 bits per heavy atom. The number of aromatic nitrogens is 14. The molecular weight excluding hydrogens is 1810 g/mol. The summed E-state index contributed by atoms with van der Waals surface area (Å²) in [6.07, 6.45) is 14.9. The molecule has 14 heteroatoms. The number of para-hydroxylation sites is 4. The number of hydrogen-bond acceptors (Lipinski definition) is 10. The fraction of sp³-hybridized carbons (Fsp3) is 0. The highest BCUT2D eigenvalue weighted by Crippen LogP contribution is 2.44. The van der Waals surface area contributed by atoms with Crippen molar-refractivity contribution < 1.29 is 0 Å². The van der Waals surface area contributed by atoms with Crippen molar-refractivity contribution in [3.05, 3.63) is 535 Å². The minimum Gasteiger partial charge on any atom is -0.309 e. The highest BCUT2D eigenvalue weighted by atomic mass is 15.1. The molecule has 0 saturated carbocycles. The third-order valence-electron chi connectivity index (χ3n) is 27.7. The number of nitrogens with zero attached hydrogens (tertiary/aromatic N) is 14. The topological polar surface area (TPSA) is 149 Å². The summed E-state index contributed by atoms with van der Waals surface area (Å²) in [6, 6.07) is 170. The van der Waals surface area contributed by atoms with E-state index in [1.165, 1.54) is 16.2 Å². The molecule has 0 spiro atoms. The Morgan fingerprint density at radius 1 is 0.135 bits per heavy atom. The zero-order chi connectivity index (χ0) is 98.2. The van der Waals surface area contributed by atoms with Crippen LogP contribution in [0.5, 0.6) is 0 Å². The van der Waals surface area contributed by atoms with Gasteiger partial charge in [-0.2, -0.15) is 0 Å². The Morgan fingerprint density at radius 3 is 0.865 bits per heavy atom. The second kappa shape index (κ2) is 38.7. The fourth-order valence-electron chi connectivity index (χ4n) is 20.7. The summed E-state index contributed by atoms with van der Waals surface area (Å²) in [4.78, 5) is 48.4. The molecule has 0 aliphatic heterocycles. The molecule has 694 valence electrons. The van der Waals surface area contributed by atoms with E-state index in [1.54, 1.807) is 0 Å². The molecule has 0 atom stereocenters. The van der Waals surface area contributed by atoms with Crippen molar-refractivity contribution in [2.75, 3.05) is 0 Å². The lowest BCUT2D eigenvalue weighted by Crippen LogP contribution is -1.97. The molecule has 0 N–H and O–H groups in total. The minimum absolute atomic E-state index is 0.824. The average Bonchev–Trinajstić information content (AvgIpc) is 1.50. The lowest BCUT2D eigenvalue weighted by Gasteiger charge is -2.14. The normalized spacial score (nSPS) is 11.4. The Labute approximate surface area is 853 Å². The van der Waals surface area contributed by atoms with Gasteiger partial charge in [-0.1, -0.05) is 261 Å².